The van der Waals surface area contributed by atoms with Crippen LogP contribution in [-0.4, -0.2) is 56.9 Å². The summed E-state index contributed by atoms with van der Waals surface area (Å²) in [7, 11) is 2.18. The van der Waals surface area contributed by atoms with Gasteiger partial charge >= 0.3 is 0 Å². The van der Waals surface area contributed by atoms with Gasteiger partial charge in [-0.1, -0.05) is 6.07 Å². The molecule has 26 heavy (non-hydrogen) atoms. The van der Waals surface area contributed by atoms with Crippen molar-refractivity contribution in [1.29, 1.82) is 0 Å². The van der Waals surface area contributed by atoms with E-state index in [1.54, 1.807) is 0 Å². The summed E-state index contributed by atoms with van der Waals surface area (Å²) in [4.78, 5) is 7.05. The molecule has 0 aromatic heterocycles. The Morgan fingerprint density at radius 3 is 2.77 bits per heavy atom. The Morgan fingerprint density at radius 2 is 2.00 bits per heavy atom. The number of hydrogen-bond acceptors (Lipinski definition) is 4. The second kappa shape index (κ2) is 10.9. The molecule has 6 nitrogen and oxygen atoms in total. The molecule has 1 aliphatic rings. The zero-order valence-corrected chi connectivity index (χ0v) is 16.7. The van der Waals surface area contributed by atoms with Crippen LogP contribution in [0.2, 0.25) is 0 Å². The summed E-state index contributed by atoms with van der Waals surface area (Å²) in [6, 6.07) is 6.73. The predicted molar refractivity (Wildman–Crippen MR) is 107 cm³/mol. The standard InChI is InChI=1S/C20H34N4O2/c1-5-21-20(22-11-6-7-13-24(4)16(2)3)23-12-10-17-8-9-18-19(14-17)26-15-25-18/h8-9,14,16H,5-7,10-13,15H2,1-4H3,(H2,21,22,23). The molecule has 1 aromatic carbocycles. The molecule has 0 atom stereocenters. The van der Waals surface area contributed by atoms with E-state index >= 15 is 0 Å². The van der Waals surface area contributed by atoms with Crippen LogP contribution >= 0.6 is 0 Å². The summed E-state index contributed by atoms with van der Waals surface area (Å²) in [6.07, 6.45) is 3.20. The van der Waals surface area contributed by atoms with Crippen LogP contribution in [0.25, 0.3) is 0 Å². The highest BCUT2D eigenvalue weighted by Crippen LogP contribution is 2.32. The first kappa shape index (κ1) is 20.4. The van der Waals surface area contributed by atoms with Gasteiger partial charge in [-0.3, -0.25) is 4.99 Å². The van der Waals surface area contributed by atoms with Gasteiger partial charge in [0.2, 0.25) is 6.79 Å². The molecule has 1 aromatic rings. The second-order valence-corrected chi connectivity index (χ2v) is 6.91. The Labute approximate surface area is 158 Å². The third kappa shape index (κ3) is 6.75. The molecule has 2 rings (SSSR count). The lowest BCUT2D eigenvalue weighted by atomic mass is 10.1. The maximum atomic E-state index is 5.43. The molecule has 0 amide bonds. The molecular formula is C20H34N4O2. The summed E-state index contributed by atoms with van der Waals surface area (Å²) in [5.74, 6) is 2.57. The van der Waals surface area contributed by atoms with Crippen LogP contribution < -0.4 is 20.1 Å². The number of fused-ring (bicyclic) bond motifs is 1. The number of benzene rings is 1. The van der Waals surface area contributed by atoms with Crippen LogP contribution in [0, 0.1) is 0 Å². The zero-order chi connectivity index (χ0) is 18.8. The highest BCUT2D eigenvalue weighted by atomic mass is 16.7. The van der Waals surface area contributed by atoms with Crippen LogP contribution in [0.1, 0.15) is 39.2 Å². The average Bonchev–Trinajstić information content (AvgIpc) is 3.08. The first-order chi connectivity index (χ1) is 12.6. The highest BCUT2D eigenvalue weighted by molar-refractivity contribution is 5.79. The minimum Gasteiger partial charge on any atom is -0.454 e. The van der Waals surface area contributed by atoms with E-state index in [1.165, 1.54) is 12.0 Å². The summed E-state index contributed by atoms with van der Waals surface area (Å²) < 4.78 is 10.8. The van der Waals surface area contributed by atoms with Gasteiger partial charge in [-0.05, 0) is 71.3 Å². The van der Waals surface area contributed by atoms with Crippen molar-refractivity contribution in [1.82, 2.24) is 15.5 Å². The van der Waals surface area contributed by atoms with E-state index in [4.69, 9.17) is 9.47 Å². The van der Waals surface area contributed by atoms with Gasteiger partial charge in [0, 0.05) is 25.7 Å². The Hall–Kier alpha value is -1.95. The minimum atomic E-state index is 0.321. The van der Waals surface area contributed by atoms with Crippen molar-refractivity contribution in [2.45, 2.75) is 46.1 Å². The summed E-state index contributed by atoms with van der Waals surface area (Å²) in [5, 5.41) is 6.72. The van der Waals surface area contributed by atoms with Crippen molar-refractivity contribution in [3.63, 3.8) is 0 Å². The van der Waals surface area contributed by atoms with Gasteiger partial charge in [-0.2, -0.15) is 0 Å². The van der Waals surface area contributed by atoms with E-state index in [2.05, 4.69) is 60.5 Å². The Morgan fingerprint density at radius 1 is 1.19 bits per heavy atom. The van der Waals surface area contributed by atoms with Crippen molar-refractivity contribution in [2.75, 3.05) is 40.0 Å². The van der Waals surface area contributed by atoms with Crippen molar-refractivity contribution in [3.05, 3.63) is 23.8 Å². The van der Waals surface area contributed by atoms with Crippen molar-refractivity contribution in [3.8, 4) is 11.5 Å². The summed E-state index contributed by atoms with van der Waals surface area (Å²) in [5.41, 5.74) is 1.23. The topological polar surface area (TPSA) is 58.1 Å². The third-order valence-corrected chi connectivity index (χ3v) is 4.56. The van der Waals surface area contributed by atoms with Gasteiger partial charge in [0.1, 0.15) is 0 Å². The smallest absolute Gasteiger partial charge is 0.231 e. The number of hydrogen-bond donors (Lipinski definition) is 2. The van der Waals surface area contributed by atoms with E-state index in [-0.39, 0.29) is 0 Å². The largest absolute Gasteiger partial charge is 0.454 e. The van der Waals surface area contributed by atoms with Gasteiger partial charge < -0.3 is 25.0 Å². The van der Waals surface area contributed by atoms with E-state index in [0.29, 0.717) is 12.8 Å². The molecule has 146 valence electrons. The van der Waals surface area contributed by atoms with Gasteiger partial charge in [0.25, 0.3) is 0 Å². The van der Waals surface area contributed by atoms with Crippen LogP contribution in [0.4, 0.5) is 0 Å². The number of guanidine groups is 1. The molecule has 1 aliphatic heterocycles. The fourth-order valence-corrected chi connectivity index (χ4v) is 2.69. The van der Waals surface area contributed by atoms with Crippen molar-refractivity contribution in [2.24, 2.45) is 4.99 Å². The molecule has 0 spiro atoms. The van der Waals surface area contributed by atoms with Gasteiger partial charge in [0.05, 0.1) is 0 Å². The van der Waals surface area contributed by atoms with Crippen molar-refractivity contribution >= 4 is 5.96 Å². The molecule has 0 aliphatic carbocycles. The Balaban J connectivity index is 1.70. The maximum absolute atomic E-state index is 5.43. The molecule has 0 saturated carbocycles. The van der Waals surface area contributed by atoms with E-state index in [0.717, 1.165) is 56.5 Å². The van der Waals surface area contributed by atoms with Gasteiger partial charge in [-0.25, -0.2) is 0 Å². The lowest BCUT2D eigenvalue weighted by molar-refractivity contribution is 0.174. The summed E-state index contributed by atoms with van der Waals surface area (Å²) >= 11 is 0. The second-order valence-electron chi connectivity index (χ2n) is 6.91. The first-order valence-corrected chi connectivity index (χ1v) is 9.71. The molecule has 0 unspecified atom stereocenters. The normalized spacial score (nSPS) is 13.5. The highest BCUT2D eigenvalue weighted by Gasteiger charge is 2.12. The number of unbranched alkanes of at least 4 members (excludes halogenated alkanes) is 1. The third-order valence-electron chi connectivity index (χ3n) is 4.56. The number of nitrogens with one attached hydrogen (secondary N) is 2. The quantitative estimate of drug-likeness (QED) is 0.381. The molecule has 0 bridgehead atoms. The van der Waals surface area contributed by atoms with Gasteiger partial charge in [-0.15, -0.1) is 0 Å². The van der Waals surface area contributed by atoms with Gasteiger partial charge in [0.15, 0.2) is 17.5 Å². The SMILES string of the molecule is CCNC(=NCCCCN(C)C(C)C)NCCc1ccc2c(c1)OCO2. The monoisotopic (exact) mass is 362 g/mol. The molecule has 6 heteroatoms. The number of rotatable bonds is 10. The molecule has 2 N–H and O–H groups in total. The van der Waals surface area contributed by atoms with Crippen LogP contribution in [0.15, 0.2) is 23.2 Å². The fourth-order valence-electron chi connectivity index (χ4n) is 2.69. The molecule has 0 fully saturated rings. The zero-order valence-electron chi connectivity index (χ0n) is 16.7. The predicted octanol–water partition coefficient (Wildman–Crippen LogP) is 2.63. The van der Waals surface area contributed by atoms with E-state index in [9.17, 15) is 0 Å². The molecule has 1 heterocycles. The number of aliphatic imine (C=N–C) groups is 1. The van der Waals surface area contributed by atoms with Crippen LogP contribution in [-0.2, 0) is 6.42 Å². The Kier molecular flexibility index (Phi) is 8.54. The number of ether oxygens (including phenoxy) is 2. The Bertz CT molecular complexity index is 575. The lowest BCUT2D eigenvalue weighted by Gasteiger charge is -2.20. The van der Waals surface area contributed by atoms with Crippen molar-refractivity contribution < 1.29 is 9.47 Å². The minimum absolute atomic E-state index is 0.321. The fraction of sp³-hybridized carbons (Fsp3) is 0.650. The lowest BCUT2D eigenvalue weighted by Crippen LogP contribution is -2.38. The van der Waals surface area contributed by atoms with Crippen LogP contribution in [0.5, 0.6) is 11.5 Å². The number of nitrogens with zero attached hydrogens (tertiary/aromatic N) is 2. The molecule has 0 radical (unpaired) electrons. The van der Waals surface area contributed by atoms with E-state index < -0.39 is 0 Å². The summed E-state index contributed by atoms with van der Waals surface area (Å²) in [6.45, 7) is 10.5. The molecular weight excluding hydrogens is 328 g/mol. The first-order valence-electron chi connectivity index (χ1n) is 9.71. The van der Waals surface area contributed by atoms with E-state index in [1.807, 2.05) is 6.07 Å². The maximum Gasteiger partial charge on any atom is 0.231 e. The average molecular weight is 363 g/mol. The van der Waals surface area contributed by atoms with Crippen LogP contribution in [0.3, 0.4) is 0 Å². The molecule has 0 saturated heterocycles.